The van der Waals surface area contributed by atoms with Crippen LogP contribution in [0.1, 0.15) is 18.4 Å². The van der Waals surface area contributed by atoms with Crippen LogP contribution < -0.4 is 4.74 Å². The smallest absolute Gasteiger partial charge is 0.150 e. The molecule has 1 rings (SSSR count). The molecule has 1 aromatic rings. The molecule has 0 heterocycles. The molecule has 0 radical (unpaired) electrons. The molecule has 1 N–H and O–H groups in total. The Hall–Kier alpha value is -1.07. The van der Waals surface area contributed by atoms with Crippen LogP contribution in [0, 0.1) is 6.92 Å². The molecule has 0 aromatic heterocycles. The van der Waals surface area contributed by atoms with Gasteiger partial charge in [-0.25, -0.2) is 8.42 Å². The van der Waals surface area contributed by atoms with Crippen LogP contribution in [0.25, 0.3) is 0 Å². The van der Waals surface area contributed by atoms with Crippen molar-refractivity contribution in [3.8, 4) is 5.75 Å². The minimum absolute atomic E-state index is 0.0495. The van der Waals surface area contributed by atoms with Crippen molar-refractivity contribution in [2.24, 2.45) is 0 Å². The van der Waals surface area contributed by atoms with E-state index in [2.05, 4.69) is 0 Å². The largest absolute Gasteiger partial charge is 0.494 e. The van der Waals surface area contributed by atoms with Crippen LogP contribution in [0.5, 0.6) is 5.75 Å². The minimum Gasteiger partial charge on any atom is -0.494 e. The summed E-state index contributed by atoms with van der Waals surface area (Å²) in [6, 6.07) is 7.66. The highest BCUT2D eigenvalue weighted by molar-refractivity contribution is 7.91. The van der Waals surface area contributed by atoms with Gasteiger partial charge in [0.05, 0.1) is 18.1 Å². The van der Waals surface area contributed by atoms with Crippen LogP contribution in [-0.2, 0) is 9.84 Å². The summed E-state index contributed by atoms with van der Waals surface area (Å²) < 4.78 is 28.4. The quantitative estimate of drug-likeness (QED) is 0.729. The van der Waals surface area contributed by atoms with Gasteiger partial charge in [-0.15, -0.1) is 0 Å². The van der Waals surface area contributed by atoms with E-state index in [1.54, 1.807) is 0 Å². The summed E-state index contributed by atoms with van der Waals surface area (Å²) >= 11 is 0. The van der Waals surface area contributed by atoms with Gasteiger partial charge in [0, 0.05) is 6.61 Å². The molecule has 0 spiro atoms. The third kappa shape index (κ3) is 6.02. The van der Waals surface area contributed by atoms with E-state index in [-0.39, 0.29) is 18.1 Å². The number of ether oxygens (including phenoxy) is 1. The minimum atomic E-state index is -3.05. The molecule has 0 saturated carbocycles. The van der Waals surface area contributed by atoms with E-state index in [4.69, 9.17) is 9.84 Å². The van der Waals surface area contributed by atoms with Gasteiger partial charge in [-0.05, 0) is 37.5 Å². The highest BCUT2D eigenvalue weighted by Gasteiger charge is 2.09. The van der Waals surface area contributed by atoms with Gasteiger partial charge in [0.2, 0.25) is 0 Å². The van der Waals surface area contributed by atoms with E-state index >= 15 is 0 Å². The Kier molecular flexibility index (Phi) is 6.15. The van der Waals surface area contributed by atoms with Gasteiger partial charge in [0.25, 0.3) is 0 Å². The van der Waals surface area contributed by atoms with Crippen molar-refractivity contribution in [3.05, 3.63) is 29.8 Å². The summed E-state index contributed by atoms with van der Waals surface area (Å²) in [4.78, 5) is 0. The molecule has 5 heteroatoms. The van der Waals surface area contributed by atoms with Gasteiger partial charge >= 0.3 is 0 Å². The second kappa shape index (κ2) is 7.38. The number of aryl methyl sites for hydroxylation is 1. The van der Waals surface area contributed by atoms with E-state index in [0.29, 0.717) is 19.4 Å². The molecule has 0 aliphatic heterocycles. The molecular formula is C13H20O4S. The molecule has 0 bridgehead atoms. The Morgan fingerprint density at radius 1 is 1.22 bits per heavy atom. The molecule has 0 aliphatic rings. The Morgan fingerprint density at radius 3 is 2.61 bits per heavy atom. The van der Waals surface area contributed by atoms with Crippen molar-refractivity contribution in [2.75, 3.05) is 24.7 Å². The number of rotatable bonds is 8. The fraction of sp³-hybridized carbons (Fsp3) is 0.538. The second-order valence-corrected chi connectivity index (χ2v) is 6.55. The topological polar surface area (TPSA) is 63.6 Å². The molecule has 102 valence electrons. The van der Waals surface area contributed by atoms with Gasteiger partial charge in [-0.2, -0.15) is 0 Å². The average molecular weight is 272 g/mol. The van der Waals surface area contributed by atoms with Crippen molar-refractivity contribution >= 4 is 9.84 Å². The van der Waals surface area contributed by atoms with Gasteiger partial charge in [0.1, 0.15) is 5.75 Å². The number of benzene rings is 1. The zero-order chi connectivity index (χ0) is 13.4. The van der Waals surface area contributed by atoms with Crippen LogP contribution in [-0.4, -0.2) is 38.2 Å². The third-order valence-corrected chi connectivity index (χ3v) is 4.29. The maximum absolute atomic E-state index is 11.5. The van der Waals surface area contributed by atoms with E-state index < -0.39 is 9.84 Å². The summed E-state index contributed by atoms with van der Waals surface area (Å²) in [5.41, 5.74) is 1.11. The first-order valence-corrected chi connectivity index (χ1v) is 7.86. The lowest BCUT2D eigenvalue weighted by atomic mass is 10.2. The zero-order valence-corrected chi connectivity index (χ0v) is 11.4. The zero-order valence-electron chi connectivity index (χ0n) is 10.6. The normalized spacial score (nSPS) is 11.4. The Labute approximate surface area is 109 Å². The maximum atomic E-state index is 11.5. The van der Waals surface area contributed by atoms with E-state index in [0.717, 1.165) is 11.3 Å². The standard InChI is InChI=1S/C13H20O4S/c1-12-5-2-6-13(11-12)17-8-4-10-18(15,16)9-3-7-14/h2,5-6,11,14H,3-4,7-10H2,1H3. The summed E-state index contributed by atoms with van der Waals surface area (Å²) in [5.74, 6) is 0.926. The van der Waals surface area contributed by atoms with Crippen LogP contribution in [0.15, 0.2) is 24.3 Å². The Bertz CT molecular complexity index is 454. The lowest BCUT2D eigenvalue weighted by molar-refractivity contribution is 0.295. The van der Waals surface area contributed by atoms with Crippen molar-refractivity contribution in [2.45, 2.75) is 19.8 Å². The van der Waals surface area contributed by atoms with Gasteiger partial charge < -0.3 is 9.84 Å². The van der Waals surface area contributed by atoms with Crippen molar-refractivity contribution in [1.82, 2.24) is 0 Å². The van der Waals surface area contributed by atoms with Crippen molar-refractivity contribution in [3.63, 3.8) is 0 Å². The number of aliphatic hydroxyl groups excluding tert-OH is 1. The Balaban J connectivity index is 2.26. The number of sulfone groups is 1. The third-order valence-electron chi connectivity index (χ3n) is 2.47. The monoisotopic (exact) mass is 272 g/mol. The molecule has 0 fully saturated rings. The van der Waals surface area contributed by atoms with Crippen LogP contribution in [0.3, 0.4) is 0 Å². The maximum Gasteiger partial charge on any atom is 0.150 e. The molecule has 0 aliphatic carbocycles. The van der Waals surface area contributed by atoms with Gasteiger partial charge in [-0.1, -0.05) is 12.1 Å². The van der Waals surface area contributed by atoms with Gasteiger partial charge in [-0.3, -0.25) is 0 Å². The predicted molar refractivity (Wildman–Crippen MR) is 71.6 cm³/mol. The lowest BCUT2D eigenvalue weighted by Crippen LogP contribution is -2.14. The molecule has 18 heavy (non-hydrogen) atoms. The summed E-state index contributed by atoms with van der Waals surface area (Å²) in [6.45, 7) is 2.28. The van der Waals surface area contributed by atoms with E-state index in [9.17, 15) is 8.42 Å². The van der Waals surface area contributed by atoms with Crippen LogP contribution in [0.2, 0.25) is 0 Å². The second-order valence-electron chi connectivity index (χ2n) is 4.25. The first-order chi connectivity index (χ1) is 8.53. The van der Waals surface area contributed by atoms with Crippen molar-refractivity contribution < 1.29 is 18.3 Å². The lowest BCUT2D eigenvalue weighted by Gasteiger charge is -2.07. The first kappa shape index (κ1) is 15.0. The number of aliphatic hydroxyl groups is 1. The van der Waals surface area contributed by atoms with E-state index in [1.165, 1.54) is 0 Å². The highest BCUT2D eigenvalue weighted by atomic mass is 32.2. The molecule has 4 nitrogen and oxygen atoms in total. The molecule has 0 amide bonds. The Morgan fingerprint density at radius 2 is 1.94 bits per heavy atom. The van der Waals surface area contributed by atoms with Gasteiger partial charge in [0.15, 0.2) is 9.84 Å². The fourth-order valence-corrected chi connectivity index (χ4v) is 2.89. The van der Waals surface area contributed by atoms with Crippen LogP contribution >= 0.6 is 0 Å². The molecule has 1 aromatic carbocycles. The first-order valence-electron chi connectivity index (χ1n) is 6.04. The summed E-state index contributed by atoms with van der Waals surface area (Å²) in [7, 11) is -3.05. The number of hydrogen-bond acceptors (Lipinski definition) is 4. The highest BCUT2D eigenvalue weighted by Crippen LogP contribution is 2.12. The summed E-state index contributed by atoms with van der Waals surface area (Å²) in [5, 5.41) is 8.59. The predicted octanol–water partition coefficient (Wildman–Crippen LogP) is 1.56. The fourth-order valence-electron chi connectivity index (χ4n) is 1.56. The van der Waals surface area contributed by atoms with Crippen LogP contribution in [0.4, 0.5) is 0 Å². The van der Waals surface area contributed by atoms with E-state index in [1.807, 2.05) is 31.2 Å². The summed E-state index contributed by atoms with van der Waals surface area (Å²) in [6.07, 6.45) is 0.781. The number of hydrogen-bond donors (Lipinski definition) is 1. The molecule has 0 unspecified atom stereocenters. The molecule has 0 atom stereocenters. The molecule has 0 saturated heterocycles. The SMILES string of the molecule is Cc1cccc(OCCCS(=O)(=O)CCCO)c1. The van der Waals surface area contributed by atoms with Crippen molar-refractivity contribution in [1.29, 1.82) is 0 Å². The average Bonchev–Trinajstić information content (AvgIpc) is 2.32. The molecular weight excluding hydrogens is 252 g/mol.